The van der Waals surface area contributed by atoms with E-state index in [-0.39, 0.29) is 23.0 Å². The van der Waals surface area contributed by atoms with Gasteiger partial charge in [-0.3, -0.25) is 4.79 Å². The average molecular weight is 367 g/mol. The van der Waals surface area contributed by atoms with Crippen molar-refractivity contribution in [2.45, 2.75) is 13.1 Å². The molecule has 1 aliphatic rings. The number of para-hydroxylation sites is 1. The quantitative estimate of drug-likeness (QED) is 0.763. The van der Waals surface area contributed by atoms with E-state index in [1.54, 1.807) is 23.1 Å². The van der Waals surface area contributed by atoms with Crippen molar-refractivity contribution < 1.29 is 22.4 Å². The standard InChI is InChI=1S/C18H17F4N3O/c1-12-13(6-7-16(23-12)18(20,21)22)17(26)25-10-8-24(9-11-25)15-5-3-2-4-14(15)19/h2-7H,8-11H2,1H3. The summed E-state index contributed by atoms with van der Waals surface area (Å²) in [5.41, 5.74) is -0.346. The van der Waals surface area contributed by atoms with Gasteiger partial charge in [0.15, 0.2) is 0 Å². The summed E-state index contributed by atoms with van der Waals surface area (Å²) in [6.45, 7) is 2.99. The van der Waals surface area contributed by atoms with Gasteiger partial charge in [-0.05, 0) is 31.2 Å². The molecule has 138 valence electrons. The number of aryl methyl sites for hydroxylation is 1. The highest BCUT2D eigenvalue weighted by Gasteiger charge is 2.33. The zero-order valence-corrected chi connectivity index (χ0v) is 14.1. The first-order valence-electron chi connectivity index (χ1n) is 8.11. The second-order valence-corrected chi connectivity index (χ2v) is 6.06. The molecule has 0 saturated carbocycles. The van der Waals surface area contributed by atoms with Crippen molar-refractivity contribution in [3.63, 3.8) is 0 Å². The maximum Gasteiger partial charge on any atom is 0.433 e. The number of carbonyl (C=O) groups is 1. The van der Waals surface area contributed by atoms with Gasteiger partial charge in [-0.15, -0.1) is 0 Å². The molecule has 8 heteroatoms. The SMILES string of the molecule is Cc1nc(C(F)(F)F)ccc1C(=O)N1CCN(c2ccccc2F)CC1. The van der Waals surface area contributed by atoms with Crippen LogP contribution in [0.25, 0.3) is 0 Å². The molecule has 1 fully saturated rings. The van der Waals surface area contributed by atoms with E-state index in [0.717, 1.165) is 12.1 Å². The van der Waals surface area contributed by atoms with Crippen molar-refractivity contribution in [2.24, 2.45) is 0 Å². The number of carbonyl (C=O) groups excluding carboxylic acids is 1. The number of amides is 1. The molecule has 26 heavy (non-hydrogen) atoms. The van der Waals surface area contributed by atoms with Gasteiger partial charge in [0.05, 0.1) is 16.9 Å². The molecular formula is C18H17F4N3O. The zero-order valence-electron chi connectivity index (χ0n) is 14.1. The van der Waals surface area contributed by atoms with Crippen LogP contribution in [-0.4, -0.2) is 42.0 Å². The lowest BCUT2D eigenvalue weighted by molar-refractivity contribution is -0.141. The highest BCUT2D eigenvalue weighted by atomic mass is 19.4. The molecule has 0 aliphatic carbocycles. The lowest BCUT2D eigenvalue weighted by Crippen LogP contribution is -2.49. The maximum absolute atomic E-state index is 13.9. The molecule has 1 aliphatic heterocycles. The van der Waals surface area contributed by atoms with Crippen molar-refractivity contribution in [2.75, 3.05) is 31.1 Å². The van der Waals surface area contributed by atoms with Gasteiger partial charge in [-0.2, -0.15) is 13.2 Å². The third kappa shape index (κ3) is 3.63. The van der Waals surface area contributed by atoms with Crippen LogP contribution in [0.4, 0.5) is 23.2 Å². The minimum absolute atomic E-state index is 0.0429. The van der Waals surface area contributed by atoms with E-state index in [4.69, 9.17) is 0 Å². The number of hydrogen-bond donors (Lipinski definition) is 0. The summed E-state index contributed by atoms with van der Waals surface area (Å²) in [5, 5.41) is 0. The van der Waals surface area contributed by atoms with Crippen LogP contribution < -0.4 is 4.90 Å². The molecule has 0 bridgehead atoms. The van der Waals surface area contributed by atoms with Crippen molar-refractivity contribution >= 4 is 11.6 Å². The fourth-order valence-electron chi connectivity index (χ4n) is 2.97. The molecule has 0 atom stereocenters. The number of nitrogens with zero attached hydrogens (tertiary/aromatic N) is 3. The van der Waals surface area contributed by atoms with Crippen LogP contribution in [0.1, 0.15) is 21.7 Å². The Balaban J connectivity index is 1.70. The van der Waals surface area contributed by atoms with E-state index in [2.05, 4.69) is 4.98 Å². The Bertz CT molecular complexity index is 814. The number of piperazine rings is 1. The van der Waals surface area contributed by atoms with Crippen LogP contribution >= 0.6 is 0 Å². The average Bonchev–Trinajstić information content (AvgIpc) is 2.61. The number of halogens is 4. The molecule has 1 aromatic carbocycles. The van der Waals surface area contributed by atoms with E-state index in [1.165, 1.54) is 13.0 Å². The predicted octanol–water partition coefficient (Wildman–Crippen LogP) is 3.51. The number of aromatic nitrogens is 1. The minimum Gasteiger partial charge on any atom is -0.366 e. The molecular weight excluding hydrogens is 350 g/mol. The highest BCUT2D eigenvalue weighted by Crippen LogP contribution is 2.28. The molecule has 0 unspecified atom stereocenters. The summed E-state index contributed by atoms with van der Waals surface area (Å²) in [7, 11) is 0. The first-order chi connectivity index (χ1) is 12.3. The number of pyridine rings is 1. The zero-order chi connectivity index (χ0) is 18.9. The highest BCUT2D eigenvalue weighted by molar-refractivity contribution is 5.95. The molecule has 1 aromatic heterocycles. The van der Waals surface area contributed by atoms with E-state index in [9.17, 15) is 22.4 Å². The van der Waals surface area contributed by atoms with Gasteiger partial charge in [-0.1, -0.05) is 12.1 Å². The van der Waals surface area contributed by atoms with Gasteiger partial charge < -0.3 is 9.80 Å². The van der Waals surface area contributed by atoms with Crippen LogP contribution in [0.5, 0.6) is 0 Å². The monoisotopic (exact) mass is 367 g/mol. The number of anilines is 1. The van der Waals surface area contributed by atoms with Gasteiger partial charge in [0.25, 0.3) is 5.91 Å². The molecule has 4 nitrogen and oxygen atoms in total. The number of rotatable bonds is 2. The van der Waals surface area contributed by atoms with E-state index >= 15 is 0 Å². The fraction of sp³-hybridized carbons (Fsp3) is 0.333. The summed E-state index contributed by atoms with van der Waals surface area (Å²) >= 11 is 0. The second-order valence-electron chi connectivity index (χ2n) is 6.06. The van der Waals surface area contributed by atoms with Gasteiger partial charge in [0.2, 0.25) is 0 Å². The molecule has 1 amide bonds. The van der Waals surface area contributed by atoms with Crippen LogP contribution in [0.3, 0.4) is 0 Å². The van der Waals surface area contributed by atoms with Crippen LogP contribution in [0.2, 0.25) is 0 Å². The number of alkyl halides is 3. The van der Waals surface area contributed by atoms with Crippen molar-refractivity contribution in [1.29, 1.82) is 0 Å². The summed E-state index contributed by atoms with van der Waals surface area (Å²) < 4.78 is 52.0. The Labute approximate surface area is 148 Å². The van der Waals surface area contributed by atoms with E-state index in [0.29, 0.717) is 31.9 Å². The summed E-state index contributed by atoms with van der Waals surface area (Å²) in [5.74, 6) is -0.688. The molecule has 0 radical (unpaired) electrons. The Morgan fingerprint density at radius 1 is 1.04 bits per heavy atom. The van der Waals surface area contributed by atoms with Crippen molar-refractivity contribution in [3.8, 4) is 0 Å². The van der Waals surface area contributed by atoms with Crippen molar-refractivity contribution in [3.05, 3.63) is 59.2 Å². The Kier molecular flexibility index (Phi) is 4.84. The summed E-state index contributed by atoms with van der Waals surface area (Å²) in [4.78, 5) is 19.5. The number of hydrogen-bond acceptors (Lipinski definition) is 3. The lowest BCUT2D eigenvalue weighted by Gasteiger charge is -2.36. The topological polar surface area (TPSA) is 36.4 Å². The van der Waals surface area contributed by atoms with E-state index in [1.807, 2.05) is 4.90 Å². The van der Waals surface area contributed by atoms with Gasteiger partial charge >= 0.3 is 6.18 Å². The molecule has 1 saturated heterocycles. The second kappa shape index (κ2) is 6.93. The summed E-state index contributed by atoms with van der Waals surface area (Å²) in [6, 6.07) is 8.39. The predicted molar refractivity (Wildman–Crippen MR) is 88.5 cm³/mol. The smallest absolute Gasteiger partial charge is 0.366 e. The third-order valence-corrected chi connectivity index (χ3v) is 4.37. The normalized spacial score (nSPS) is 15.3. The molecule has 3 rings (SSSR count). The first-order valence-corrected chi connectivity index (χ1v) is 8.11. The Morgan fingerprint density at radius 3 is 2.27 bits per heavy atom. The lowest BCUT2D eigenvalue weighted by atomic mass is 10.1. The first kappa shape index (κ1) is 18.2. The van der Waals surface area contributed by atoms with Crippen LogP contribution in [0.15, 0.2) is 36.4 Å². The molecule has 2 heterocycles. The third-order valence-electron chi connectivity index (χ3n) is 4.37. The van der Waals surface area contributed by atoms with Crippen molar-refractivity contribution in [1.82, 2.24) is 9.88 Å². The fourth-order valence-corrected chi connectivity index (χ4v) is 2.97. The maximum atomic E-state index is 13.9. The molecule has 0 spiro atoms. The van der Waals surface area contributed by atoms with Gasteiger partial charge in [0, 0.05) is 26.2 Å². The number of benzene rings is 1. The minimum atomic E-state index is -4.54. The van der Waals surface area contributed by atoms with E-state index < -0.39 is 11.9 Å². The van der Waals surface area contributed by atoms with Gasteiger partial charge in [0.1, 0.15) is 11.5 Å². The largest absolute Gasteiger partial charge is 0.433 e. The van der Waals surface area contributed by atoms with Crippen LogP contribution in [-0.2, 0) is 6.18 Å². The summed E-state index contributed by atoms with van der Waals surface area (Å²) in [6.07, 6.45) is -4.54. The van der Waals surface area contributed by atoms with Gasteiger partial charge in [-0.25, -0.2) is 9.37 Å². The van der Waals surface area contributed by atoms with Crippen LogP contribution in [0, 0.1) is 12.7 Å². The Morgan fingerprint density at radius 2 is 1.69 bits per heavy atom. The molecule has 2 aromatic rings. The Hall–Kier alpha value is -2.64. The molecule has 0 N–H and O–H groups in total.